The zero-order chi connectivity index (χ0) is 22.1. The topological polar surface area (TPSA) is 86.0 Å². The van der Waals surface area contributed by atoms with Crippen LogP contribution in [0.3, 0.4) is 0 Å². The predicted molar refractivity (Wildman–Crippen MR) is 132 cm³/mol. The van der Waals surface area contributed by atoms with E-state index in [2.05, 4.69) is 10.3 Å². The van der Waals surface area contributed by atoms with Crippen molar-refractivity contribution in [3.63, 3.8) is 0 Å². The number of alkyl halides is 1. The summed E-state index contributed by atoms with van der Waals surface area (Å²) < 4.78 is 2.81. The number of nitrogens with zero attached hydrogens (tertiary/aromatic N) is 3. The molecule has 7 nitrogen and oxygen atoms in total. The summed E-state index contributed by atoms with van der Waals surface area (Å²) >= 11 is 9.31. The second kappa shape index (κ2) is 8.93. The summed E-state index contributed by atoms with van der Waals surface area (Å²) in [6.45, 7) is 0. The fourth-order valence-electron chi connectivity index (χ4n) is 3.32. The number of halogens is 2. The molecule has 10 heteroatoms. The molecule has 0 aliphatic heterocycles. The molecule has 0 saturated heterocycles. The van der Waals surface area contributed by atoms with Gasteiger partial charge in [-0.3, -0.25) is 14.2 Å². The number of carbonyl (C=O) groups excluding carboxylic acids is 1. The Labute approximate surface area is 199 Å². The van der Waals surface area contributed by atoms with Gasteiger partial charge < -0.3 is 5.32 Å². The van der Waals surface area contributed by atoms with E-state index in [0.717, 1.165) is 10.1 Å². The lowest BCUT2D eigenvalue weighted by atomic mass is 10.1. The Morgan fingerprint density at radius 3 is 2.74 bits per heavy atom. The molecule has 4 rings (SSSR count). The van der Waals surface area contributed by atoms with Crippen LogP contribution in [0.5, 0.6) is 0 Å². The second-order valence-electron chi connectivity index (χ2n) is 6.78. The van der Waals surface area contributed by atoms with E-state index in [1.807, 2.05) is 40.1 Å². The molecule has 0 fully saturated rings. The Balaban J connectivity index is 1.62. The number of hydrogen-bond acceptors (Lipinski definition) is 5. The van der Waals surface area contributed by atoms with Crippen molar-refractivity contribution in [1.82, 2.24) is 14.1 Å². The van der Waals surface area contributed by atoms with Crippen molar-refractivity contribution in [1.29, 1.82) is 0 Å². The zero-order valence-corrected chi connectivity index (χ0v) is 20.0. The van der Waals surface area contributed by atoms with E-state index in [9.17, 15) is 14.4 Å². The van der Waals surface area contributed by atoms with Crippen LogP contribution in [0.1, 0.15) is 5.56 Å². The van der Waals surface area contributed by atoms with Crippen molar-refractivity contribution < 1.29 is 4.79 Å². The molecule has 1 N–H and O–H groups in total. The van der Waals surface area contributed by atoms with Gasteiger partial charge in [-0.15, -0.1) is 11.3 Å². The quantitative estimate of drug-likeness (QED) is 0.292. The van der Waals surface area contributed by atoms with Crippen LogP contribution in [0.2, 0.25) is 5.02 Å². The number of aromatic nitrogens is 3. The molecular weight excluding hydrogens is 551 g/mol. The summed E-state index contributed by atoms with van der Waals surface area (Å²) in [5.41, 5.74) is 1.85. The number of carbonyl (C=O) groups is 1. The minimum absolute atomic E-state index is 0.0158. The highest BCUT2D eigenvalue weighted by molar-refractivity contribution is 14.1. The zero-order valence-electron chi connectivity index (χ0n) is 16.3. The standard InChI is InChI=1S/C21H16ClIN4O3S/c1-26-16-7-3-5-13(18(16)19(29)27(11-23)21(26)30)9-17(28)25-20-24-15(10-31-20)12-4-2-6-14(22)8-12/h2-8,10H,9,11H2,1H3,(H,24,25,28). The van der Waals surface area contributed by atoms with E-state index < -0.39 is 5.56 Å². The minimum Gasteiger partial charge on any atom is -0.302 e. The molecule has 0 saturated carbocycles. The number of rotatable bonds is 5. The fourth-order valence-corrected chi connectivity index (χ4v) is 4.85. The highest BCUT2D eigenvalue weighted by Crippen LogP contribution is 2.27. The first-order valence-electron chi connectivity index (χ1n) is 9.17. The van der Waals surface area contributed by atoms with Crippen LogP contribution < -0.4 is 16.6 Å². The maximum absolute atomic E-state index is 12.9. The smallest absolute Gasteiger partial charge is 0.302 e. The van der Waals surface area contributed by atoms with Gasteiger partial charge in [0.25, 0.3) is 5.56 Å². The van der Waals surface area contributed by atoms with Crippen LogP contribution in [-0.4, -0.2) is 20.0 Å². The number of anilines is 1. The summed E-state index contributed by atoms with van der Waals surface area (Å²) in [4.78, 5) is 42.4. The van der Waals surface area contributed by atoms with Crippen molar-refractivity contribution in [2.75, 3.05) is 5.32 Å². The molecule has 0 radical (unpaired) electrons. The van der Waals surface area contributed by atoms with Gasteiger partial charge in [0, 0.05) is 23.0 Å². The van der Waals surface area contributed by atoms with Crippen LogP contribution in [0.15, 0.2) is 57.4 Å². The molecule has 4 aromatic rings. The number of fused-ring (bicyclic) bond motifs is 1. The lowest BCUT2D eigenvalue weighted by molar-refractivity contribution is -0.115. The normalized spacial score (nSPS) is 11.1. The van der Waals surface area contributed by atoms with Crippen LogP contribution in [0, 0.1) is 0 Å². The summed E-state index contributed by atoms with van der Waals surface area (Å²) in [5, 5.41) is 6.07. The van der Waals surface area contributed by atoms with Crippen molar-refractivity contribution in [3.05, 3.63) is 79.3 Å². The van der Waals surface area contributed by atoms with Gasteiger partial charge in [0.15, 0.2) is 5.13 Å². The van der Waals surface area contributed by atoms with Crippen LogP contribution in [-0.2, 0) is 22.8 Å². The van der Waals surface area contributed by atoms with Crippen LogP contribution >= 0.6 is 45.5 Å². The summed E-state index contributed by atoms with van der Waals surface area (Å²) in [6, 6.07) is 12.5. The van der Waals surface area contributed by atoms with Gasteiger partial charge in [-0.25, -0.2) is 14.3 Å². The van der Waals surface area contributed by atoms with Gasteiger partial charge in [0.2, 0.25) is 5.91 Å². The Morgan fingerprint density at radius 2 is 2.00 bits per heavy atom. The Bertz CT molecular complexity index is 1430. The number of hydrogen-bond donors (Lipinski definition) is 1. The third-order valence-corrected chi connectivity index (χ3v) is 6.48. The van der Waals surface area contributed by atoms with Crippen molar-refractivity contribution >= 4 is 67.5 Å². The van der Waals surface area contributed by atoms with E-state index in [0.29, 0.717) is 32.3 Å². The van der Waals surface area contributed by atoms with E-state index in [4.69, 9.17) is 11.6 Å². The maximum atomic E-state index is 12.9. The van der Waals surface area contributed by atoms with E-state index >= 15 is 0 Å². The number of aryl methyl sites for hydroxylation is 1. The molecule has 31 heavy (non-hydrogen) atoms. The number of thiazole rings is 1. The third kappa shape index (κ3) is 4.30. The third-order valence-electron chi connectivity index (χ3n) is 4.81. The molecule has 0 atom stereocenters. The summed E-state index contributed by atoms with van der Waals surface area (Å²) in [6.07, 6.45) is -0.0158. The number of nitrogens with one attached hydrogen (secondary N) is 1. The van der Waals surface area contributed by atoms with Crippen molar-refractivity contribution in [3.8, 4) is 11.3 Å². The average molecular weight is 567 g/mol. The fraction of sp³-hybridized carbons (Fsp3) is 0.143. The molecule has 0 spiro atoms. The molecule has 2 heterocycles. The molecule has 0 bridgehead atoms. The maximum Gasteiger partial charge on any atom is 0.331 e. The molecule has 2 aromatic heterocycles. The lowest BCUT2D eigenvalue weighted by Crippen LogP contribution is -2.38. The number of benzene rings is 2. The van der Waals surface area contributed by atoms with E-state index in [1.54, 1.807) is 37.4 Å². The highest BCUT2D eigenvalue weighted by atomic mass is 127. The Morgan fingerprint density at radius 1 is 1.23 bits per heavy atom. The van der Waals surface area contributed by atoms with Crippen molar-refractivity contribution in [2.24, 2.45) is 7.05 Å². The molecule has 0 unspecified atom stereocenters. The van der Waals surface area contributed by atoms with Crippen molar-refractivity contribution in [2.45, 2.75) is 11.0 Å². The first-order chi connectivity index (χ1) is 14.9. The average Bonchev–Trinajstić information content (AvgIpc) is 3.21. The van der Waals surface area contributed by atoms with E-state index in [-0.39, 0.29) is 22.6 Å². The molecule has 2 aromatic carbocycles. The predicted octanol–water partition coefficient (Wildman–Crippen LogP) is 4.05. The highest BCUT2D eigenvalue weighted by Gasteiger charge is 2.16. The number of amides is 1. The van der Waals surface area contributed by atoms with Gasteiger partial charge in [0.1, 0.15) is 0 Å². The largest absolute Gasteiger partial charge is 0.331 e. The molecule has 0 aliphatic rings. The van der Waals surface area contributed by atoms with Gasteiger partial charge in [-0.1, -0.05) is 58.5 Å². The molecule has 158 valence electrons. The second-order valence-corrected chi connectivity index (χ2v) is 8.76. The van der Waals surface area contributed by atoms with Gasteiger partial charge >= 0.3 is 5.69 Å². The summed E-state index contributed by atoms with van der Waals surface area (Å²) in [7, 11) is 1.61. The first kappa shape index (κ1) is 21.7. The van der Waals surface area contributed by atoms with Gasteiger partial charge in [-0.2, -0.15) is 0 Å². The lowest BCUT2D eigenvalue weighted by Gasteiger charge is -2.11. The molecule has 0 aliphatic carbocycles. The monoisotopic (exact) mass is 566 g/mol. The van der Waals surface area contributed by atoms with Crippen LogP contribution in [0.4, 0.5) is 5.13 Å². The SMILES string of the molecule is Cn1c(=O)n(CI)c(=O)c2c(CC(=O)Nc3nc(-c4cccc(Cl)c4)cs3)cccc21. The summed E-state index contributed by atoms with van der Waals surface area (Å²) in [5.74, 6) is -0.297. The van der Waals surface area contributed by atoms with Crippen LogP contribution in [0.25, 0.3) is 22.2 Å². The van der Waals surface area contributed by atoms with E-state index in [1.165, 1.54) is 15.9 Å². The van der Waals surface area contributed by atoms with Gasteiger partial charge in [0.05, 0.1) is 27.6 Å². The minimum atomic E-state index is -0.395. The molecular formula is C21H16ClIN4O3S. The molecule has 1 amide bonds. The Hall–Kier alpha value is -2.50. The van der Waals surface area contributed by atoms with Gasteiger partial charge in [-0.05, 0) is 23.8 Å². The Kier molecular flexibility index (Phi) is 6.26. The first-order valence-corrected chi connectivity index (χ1v) is 12.0.